The second-order valence-electron chi connectivity index (χ2n) is 21.3. The van der Waals surface area contributed by atoms with Crippen molar-refractivity contribution in [2.24, 2.45) is 0 Å². The molecule has 0 aliphatic carbocycles. The molecule has 0 saturated carbocycles. The highest BCUT2D eigenvalue weighted by atomic mass is 79.9. The minimum absolute atomic E-state index is 0. The number of rotatable bonds is 14. The minimum Gasteiger partial charge on any atom is -0.495 e. The Morgan fingerprint density at radius 2 is 1.04 bits per heavy atom. The van der Waals surface area contributed by atoms with E-state index in [9.17, 15) is 57.2 Å². The molecule has 7 heterocycles. The van der Waals surface area contributed by atoms with E-state index in [0.29, 0.717) is 34.3 Å². The number of nitrogens with zero attached hydrogens (tertiary/aromatic N) is 8. The highest BCUT2D eigenvalue weighted by Crippen LogP contribution is 2.39. The van der Waals surface area contributed by atoms with E-state index in [1.165, 1.54) is 105 Å². The molecule has 490 valence electrons. The number of fused-ring (bicyclic) bond motifs is 2. The zero-order valence-corrected chi connectivity index (χ0v) is 55.9. The number of hydrogen-bond acceptors (Lipinski definition) is 14. The lowest BCUT2D eigenvalue weighted by Gasteiger charge is -2.32. The van der Waals surface area contributed by atoms with Gasteiger partial charge in [-0.2, -0.15) is 55.4 Å². The molecule has 2 N–H and O–H groups in total. The Balaban J connectivity index is 0.000000205. The van der Waals surface area contributed by atoms with Gasteiger partial charge in [-0.1, -0.05) is 18.2 Å². The molecule has 2 unspecified atom stereocenters. The number of pyridine rings is 2. The Morgan fingerprint density at radius 1 is 0.598 bits per heavy atom. The lowest BCUT2D eigenvalue weighted by atomic mass is 9.78. The summed E-state index contributed by atoms with van der Waals surface area (Å²) in [5.41, 5.74) is -0.686. The topological polar surface area (TPSA) is 231 Å². The van der Waals surface area contributed by atoms with Crippen LogP contribution >= 0.6 is 35.7 Å². The first-order valence-corrected chi connectivity index (χ1v) is 30.7. The van der Waals surface area contributed by atoms with Gasteiger partial charge in [-0.05, 0) is 133 Å². The van der Waals surface area contributed by atoms with Crippen molar-refractivity contribution in [3.63, 3.8) is 0 Å². The van der Waals surface area contributed by atoms with Crippen LogP contribution in [0.25, 0.3) is 22.5 Å². The fraction of sp³-hybridized carbons (Fsp3) is 0.276. The van der Waals surface area contributed by atoms with Crippen molar-refractivity contribution in [3.8, 4) is 34.0 Å². The quantitative estimate of drug-likeness (QED) is 0.0587. The fourth-order valence-electron chi connectivity index (χ4n) is 9.84. The molecule has 2 atom stereocenters. The summed E-state index contributed by atoms with van der Waals surface area (Å²) in [5.74, 6) is -2.66. The zero-order chi connectivity index (χ0) is 65.2. The monoisotopic (exact) mass is 1420 g/mol. The number of hydrogen-bond donors (Lipinski definition) is 2. The zero-order valence-electron chi connectivity index (χ0n) is 49.8. The molecule has 92 heavy (non-hydrogen) atoms. The molecular formula is C58H60BBrF8N10O10P2S2. The van der Waals surface area contributed by atoms with Gasteiger partial charge < -0.3 is 18.8 Å². The van der Waals surface area contributed by atoms with E-state index in [0.717, 1.165) is 30.3 Å². The number of halogens is 9. The summed E-state index contributed by atoms with van der Waals surface area (Å²) in [6, 6.07) is 22.3. The Labute approximate surface area is 538 Å². The molecule has 8 aromatic rings. The van der Waals surface area contributed by atoms with Crippen LogP contribution in [0.1, 0.15) is 74.2 Å². The molecule has 4 aromatic heterocycles. The average molecular weight is 1430 g/mol. The third-order valence-corrected chi connectivity index (χ3v) is 18.5. The van der Waals surface area contributed by atoms with Crippen LogP contribution in [-0.4, -0.2) is 101 Å². The van der Waals surface area contributed by atoms with Gasteiger partial charge in [-0.3, -0.25) is 28.2 Å². The normalized spacial score (nSPS) is 15.1. The molecule has 0 radical (unpaired) electrons. The summed E-state index contributed by atoms with van der Waals surface area (Å²) >= 11 is 3.11. The van der Waals surface area contributed by atoms with Crippen molar-refractivity contribution in [3.05, 3.63) is 204 Å². The van der Waals surface area contributed by atoms with Crippen LogP contribution in [0, 0.1) is 23.3 Å². The van der Waals surface area contributed by atoms with E-state index in [2.05, 4.69) is 45.8 Å². The maximum absolute atomic E-state index is 15.4. The highest BCUT2D eigenvalue weighted by molar-refractivity contribution is 9.10. The predicted molar refractivity (Wildman–Crippen MR) is 342 cm³/mol. The van der Waals surface area contributed by atoms with E-state index >= 15 is 4.39 Å². The number of nitrogens with one attached hydrogen (secondary N) is 2. The number of methoxy groups -OCH3 is 2. The molecule has 3 aliphatic rings. The Morgan fingerprint density at radius 3 is 1.49 bits per heavy atom. The van der Waals surface area contributed by atoms with Crippen LogP contribution in [-0.2, 0) is 55.7 Å². The summed E-state index contributed by atoms with van der Waals surface area (Å²) in [6.07, 6.45) is -2.51. The summed E-state index contributed by atoms with van der Waals surface area (Å²) in [4.78, 5) is 25.7. The maximum Gasteiger partial charge on any atom is 0.494 e. The van der Waals surface area contributed by atoms with Gasteiger partial charge in [0, 0.05) is 104 Å². The smallest absolute Gasteiger partial charge is 0.494 e. The number of alkyl halides is 4. The molecule has 11 rings (SSSR count). The number of ether oxygens (including phenoxy) is 2. The molecule has 4 aromatic carbocycles. The summed E-state index contributed by atoms with van der Waals surface area (Å²) < 4.78 is 192. The van der Waals surface area contributed by atoms with E-state index in [1.54, 1.807) is 12.1 Å². The van der Waals surface area contributed by atoms with Crippen LogP contribution in [0.4, 0.5) is 46.8 Å². The molecule has 1 saturated heterocycles. The molecule has 3 aliphatic heterocycles. The molecule has 0 bridgehead atoms. The van der Waals surface area contributed by atoms with Gasteiger partial charge in [0.2, 0.25) is 0 Å². The SMILES string of the molecule is CC1(C)OB(c2cc(F)cc(C(F)F)c2)OC1(C)C.COc1cc(-c2cc(F)cc(C(F)F)c2)c(F)cc1-n1c2c(ccc1=O)CN(S(=O)(=O)Nc1cccnn1)CC2.COc1cc(Br)c(F)cc1-n1c2c(ccc1=O)CN(S(=O)(=O)Nc1cccnn1)CC2.P.P. The molecule has 20 nitrogen and oxygen atoms in total. The Bertz CT molecular complexity index is 4360. The van der Waals surface area contributed by atoms with E-state index in [4.69, 9.17) is 18.8 Å². The van der Waals surface area contributed by atoms with Crippen LogP contribution in [0.15, 0.2) is 136 Å². The van der Waals surface area contributed by atoms with Crippen molar-refractivity contribution in [2.45, 2.75) is 77.7 Å². The minimum atomic E-state index is -4.01. The van der Waals surface area contributed by atoms with Crippen LogP contribution in [0.2, 0.25) is 0 Å². The molecular weight excluding hydrogens is 1370 g/mol. The first kappa shape index (κ1) is 72.2. The van der Waals surface area contributed by atoms with Gasteiger partial charge in [-0.15, -0.1) is 10.2 Å². The third kappa shape index (κ3) is 16.0. The van der Waals surface area contributed by atoms with Crippen molar-refractivity contribution in [1.29, 1.82) is 0 Å². The third-order valence-electron chi connectivity index (χ3n) is 14.9. The van der Waals surface area contributed by atoms with Crippen LogP contribution in [0.5, 0.6) is 11.5 Å². The first-order valence-electron chi connectivity index (χ1n) is 27.0. The number of aromatic nitrogens is 6. The van der Waals surface area contributed by atoms with Gasteiger partial charge in [0.1, 0.15) is 34.8 Å². The molecule has 0 amide bonds. The predicted octanol–water partition coefficient (Wildman–Crippen LogP) is 9.67. The average Bonchev–Trinajstić information content (AvgIpc) is 1.02. The van der Waals surface area contributed by atoms with Gasteiger partial charge in [0.25, 0.3) is 24.0 Å². The highest BCUT2D eigenvalue weighted by Gasteiger charge is 2.52. The first-order chi connectivity index (χ1) is 42.5. The van der Waals surface area contributed by atoms with E-state index < -0.39 is 86.0 Å². The lowest BCUT2D eigenvalue weighted by molar-refractivity contribution is 0.00578. The van der Waals surface area contributed by atoms with E-state index in [1.807, 2.05) is 27.7 Å². The Kier molecular flexibility index (Phi) is 23.0. The van der Waals surface area contributed by atoms with Crippen molar-refractivity contribution < 1.29 is 70.7 Å². The summed E-state index contributed by atoms with van der Waals surface area (Å²) in [6.45, 7) is 7.45. The van der Waals surface area contributed by atoms with Gasteiger partial charge in [0.05, 0.1) is 41.3 Å². The second kappa shape index (κ2) is 29.3. The maximum atomic E-state index is 15.4. The van der Waals surface area contributed by atoms with Gasteiger partial charge in [0.15, 0.2) is 11.6 Å². The lowest BCUT2D eigenvalue weighted by Crippen LogP contribution is -2.41. The fourth-order valence-corrected chi connectivity index (χ4v) is 12.5. The number of anilines is 2. The largest absolute Gasteiger partial charge is 0.495 e. The van der Waals surface area contributed by atoms with Crippen molar-refractivity contribution >= 4 is 80.4 Å². The number of benzene rings is 4. The van der Waals surface area contributed by atoms with Gasteiger partial charge in [-0.25, -0.2) is 35.1 Å². The molecule has 0 spiro atoms. The molecule has 1 fully saturated rings. The van der Waals surface area contributed by atoms with Crippen LogP contribution < -0.4 is 35.5 Å². The second-order valence-corrected chi connectivity index (χ2v) is 25.5. The van der Waals surface area contributed by atoms with Gasteiger partial charge >= 0.3 is 27.5 Å². The van der Waals surface area contributed by atoms with Crippen LogP contribution in [0.3, 0.4) is 0 Å². The van der Waals surface area contributed by atoms with Crippen molar-refractivity contribution in [2.75, 3.05) is 36.8 Å². The Hall–Kier alpha value is -7.28. The summed E-state index contributed by atoms with van der Waals surface area (Å²) in [7, 11) is -6.03. The summed E-state index contributed by atoms with van der Waals surface area (Å²) in [5, 5.41) is 14.8. The molecule has 34 heteroatoms. The van der Waals surface area contributed by atoms with Crippen molar-refractivity contribution in [1.82, 2.24) is 38.1 Å². The standard InChI is InChI=1S/C26H21F4N5O4S.C19H17BrFN5O4S.C13H16BF3O2.2H3P/c1-39-23-12-19(16-9-17(26(29)30)11-18(27)10-16)20(28)13-22(23)35-21-6-8-34(14-15(21)4-5-25(35)36)40(37,38)33-24-3-2-7-31-32-24;1-30-17-9-13(20)14(21)10-16(17)26-15-6-8-25(11-12(15)4-5-19(26)27)31(28,29)24-18-3-2-7-22-23-18;1-12(2)13(3,4)19-14(18-12)9-5-8(11(16)17)6-10(15)7-9;;/h2-5,7,9-13,26H,6,8,14H2,1H3,(H,32,33);2-5,7,9-10H,6,8,11H2,1H3,(H,23,24);5-7,11H,1-4H3;2*1H3. The van der Waals surface area contributed by atoms with E-state index in [-0.39, 0.29) is 120 Å².